The minimum Gasteiger partial charge on any atom is -0.459 e. The van der Waals surface area contributed by atoms with Crippen molar-refractivity contribution in [1.82, 2.24) is 4.98 Å². The van der Waals surface area contributed by atoms with E-state index in [1.54, 1.807) is 13.1 Å². The lowest BCUT2D eigenvalue weighted by Gasteiger charge is -2.11. The first-order valence-electron chi connectivity index (χ1n) is 8.35. The van der Waals surface area contributed by atoms with Crippen molar-refractivity contribution < 1.29 is 13.9 Å². The molecule has 0 aliphatic rings. The second-order valence-electron chi connectivity index (χ2n) is 5.45. The van der Waals surface area contributed by atoms with Gasteiger partial charge in [-0.2, -0.15) is 0 Å². The highest BCUT2D eigenvalue weighted by Gasteiger charge is 2.19. The van der Waals surface area contributed by atoms with E-state index in [0.29, 0.717) is 12.5 Å². The van der Waals surface area contributed by atoms with Crippen LogP contribution in [0, 0.1) is 0 Å². The van der Waals surface area contributed by atoms with Gasteiger partial charge in [-0.1, -0.05) is 52.4 Å². The average Bonchev–Trinajstić information content (AvgIpc) is 2.96. The molecule has 1 atom stereocenters. The predicted molar refractivity (Wildman–Crippen MR) is 83.5 cm³/mol. The van der Waals surface area contributed by atoms with Crippen LogP contribution in [0.15, 0.2) is 10.6 Å². The summed E-state index contributed by atoms with van der Waals surface area (Å²) in [6.45, 7) is 6.49. The van der Waals surface area contributed by atoms with E-state index in [1.165, 1.54) is 38.5 Å². The quantitative estimate of drug-likeness (QED) is 0.421. The molecule has 120 valence electrons. The summed E-state index contributed by atoms with van der Waals surface area (Å²) in [4.78, 5) is 15.6. The van der Waals surface area contributed by atoms with Gasteiger partial charge in [0.1, 0.15) is 5.76 Å². The zero-order valence-corrected chi connectivity index (χ0v) is 13.7. The van der Waals surface area contributed by atoms with Gasteiger partial charge in [0.05, 0.1) is 12.8 Å². The summed E-state index contributed by atoms with van der Waals surface area (Å²) in [5.41, 5.74) is 0. The van der Waals surface area contributed by atoms with Gasteiger partial charge in [0.2, 0.25) is 0 Å². The first-order chi connectivity index (χ1) is 10.2. The molecule has 0 fully saturated rings. The first kappa shape index (κ1) is 17.7. The van der Waals surface area contributed by atoms with E-state index in [9.17, 15) is 4.79 Å². The normalized spacial score (nSPS) is 12.3. The van der Waals surface area contributed by atoms with Crippen LogP contribution < -0.4 is 0 Å². The van der Waals surface area contributed by atoms with Crippen molar-refractivity contribution in [2.45, 2.75) is 78.1 Å². The summed E-state index contributed by atoms with van der Waals surface area (Å²) in [5.74, 6) is 0.771. The number of nitrogens with zero attached hydrogens (tertiary/aromatic N) is 1. The third kappa shape index (κ3) is 6.32. The van der Waals surface area contributed by atoms with E-state index in [0.717, 1.165) is 18.6 Å². The minimum atomic E-state index is -0.474. The van der Waals surface area contributed by atoms with Crippen molar-refractivity contribution in [2.24, 2.45) is 0 Å². The molecule has 0 amide bonds. The molecule has 0 N–H and O–H groups in total. The Hall–Kier alpha value is -1.32. The number of ether oxygens (including phenoxy) is 1. The highest BCUT2D eigenvalue weighted by atomic mass is 16.5. The maximum atomic E-state index is 11.6. The maximum Gasteiger partial charge on any atom is 0.394 e. The molecule has 0 bridgehead atoms. The third-order valence-electron chi connectivity index (χ3n) is 3.77. The molecule has 4 heteroatoms. The Morgan fingerprint density at radius 2 is 1.90 bits per heavy atom. The average molecular weight is 295 g/mol. The van der Waals surface area contributed by atoms with Crippen LogP contribution in [-0.2, 0) is 4.74 Å². The fourth-order valence-corrected chi connectivity index (χ4v) is 2.48. The number of aromatic nitrogens is 1. The molecule has 0 aliphatic heterocycles. The number of hydrogen-bond acceptors (Lipinski definition) is 4. The van der Waals surface area contributed by atoms with E-state index in [-0.39, 0.29) is 5.89 Å². The second kappa shape index (κ2) is 10.4. The van der Waals surface area contributed by atoms with Crippen LogP contribution in [0.4, 0.5) is 0 Å². The highest BCUT2D eigenvalue weighted by molar-refractivity contribution is 5.84. The Morgan fingerprint density at radius 3 is 2.57 bits per heavy atom. The van der Waals surface area contributed by atoms with E-state index in [2.05, 4.69) is 18.8 Å². The molecule has 0 aromatic carbocycles. The molecule has 0 saturated heterocycles. The lowest BCUT2D eigenvalue weighted by molar-refractivity contribution is 0.0478. The largest absolute Gasteiger partial charge is 0.459 e. The molecular formula is C17H29NO3. The number of carbonyl (C=O) groups excluding carboxylic acids is 1. The van der Waals surface area contributed by atoms with Crippen LogP contribution in [0.1, 0.15) is 94.5 Å². The molecule has 0 aliphatic carbocycles. The number of hydrogen-bond donors (Lipinski definition) is 0. The van der Waals surface area contributed by atoms with Gasteiger partial charge in [0.25, 0.3) is 0 Å². The van der Waals surface area contributed by atoms with Crippen molar-refractivity contribution in [2.75, 3.05) is 6.61 Å². The lowest BCUT2D eigenvalue weighted by Crippen LogP contribution is -2.04. The Balaban J connectivity index is 2.39. The van der Waals surface area contributed by atoms with E-state index in [4.69, 9.17) is 9.15 Å². The van der Waals surface area contributed by atoms with E-state index < -0.39 is 5.97 Å². The van der Waals surface area contributed by atoms with Crippen molar-refractivity contribution in [1.29, 1.82) is 0 Å². The number of unbranched alkanes of at least 4 members (excludes halogenated alkanes) is 5. The fraction of sp³-hybridized carbons (Fsp3) is 0.765. The topological polar surface area (TPSA) is 52.3 Å². The van der Waals surface area contributed by atoms with Gasteiger partial charge in [-0.25, -0.2) is 9.78 Å². The molecule has 1 rings (SSSR count). The van der Waals surface area contributed by atoms with Crippen molar-refractivity contribution in [3.63, 3.8) is 0 Å². The monoisotopic (exact) mass is 295 g/mol. The zero-order valence-electron chi connectivity index (χ0n) is 13.7. The predicted octanol–water partition coefficient (Wildman–Crippen LogP) is 5.10. The lowest BCUT2D eigenvalue weighted by atomic mass is 9.96. The number of carbonyl (C=O) groups is 1. The van der Waals surface area contributed by atoms with Gasteiger partial charge in [-0.05, 0) is 19.8 Å². The summed E-state index contributed by atoms with van der Waals surface area (Å²) in [5, 5.41) is 0. The number of rotatable bonds is 11. The second-order valence-corrected chi connectivity index (χ2v) is 5.45. The van der Waals surface area contributed by atoms with Gasteiger partial charge in [-0.3, -0.25) is 0 Å². The van der Waals surface area contributed by atoms with Gasteiger partial charge in [0, 0.05) is 5.92 Å². The SMILES string of the molecule is CCCCCCCCC(CC)c1cnc(C(=O)OCC)o1. The van der Waals surface area contributed by atoms with Crippen LogP contribution in [0.3, 0.4) is 0 Å². The molecule has 0 radical (unpaired) electrons. The Morgan fingerprint density at radius 1 is 1.19 bits per heavy atom. The molecule has 21 heavy (non-hydrogen) atoms. The van der Waals surface area contributed by atoms with Gasteiger partial charge < -0.3 is 9.15 Å². The minimum absolute atomic E-state index is 0.0771. The summed E-state index contributed by atoms with van der Waals surface area (Å²) >= 11 is 0. The smallest absolute Gasteiger partial charge is 0.394 e. The Kier molecular flexibility index (Phi) is 8.79. The molecule has 0 saturated carbocycles. The Bertz CT molecular complexity index is 400. The summed E-state index contributed by atoms with van der Waals surface area (Å²) in [6.07, 6.45) is 11.5. The van der Waals surface area contributed by atoms with E-state index >= 15 is 0 Å². The standard InChI is InChI=1S/C17H29NO3/c1-4-7-8-9-10-11-12-14(5-2)15-13-18-16(21-15)17(19)20-6-3/h13-14H,4-12H2,1-3H3. The van der Waals surface area contributed by atoms with Crippen LogP contribution in [0.25, 0.3) is 0 Å². The molecule has 0 spiro atoms. The van der Waals surface area contributed by atoms with Crippen LogP contribution >= 0.6 is 0 Å². The summed E-state index contributed by atoms with van der Waals surface area (Å²) < 4.78 is 10.5. The third-order valence-corrected chi connectivity index (χ3v) is 3.77. The maximum absolute atomic E-state index is 11.6. The molecule has 4 nitrogen and oxygen atoms in total. The van der Waals surface area contributed by atoms with Crippen LogP contribution in [-0.4, -0.2) is 17.6 Å². The summed E-state index contributed by atoms with van der Waals surface area (Å²) in [7, 11) is 0. The van der Waals surface area contributed by atoms with Crippen LogP contribution in [0.5, 0.6) is 0 Å². The first-order valence-corrected chi connectivity index (χ1v) is 8.35. The van der Waals surface area contributed by atoms with Gasteiger partial charge in [-0.15, -0.1) is 0 Å². The van der Waals surface area contributed by atoms with Gasteiger partial charge >= 0.3 is 11.9 Å². The molecule has 1 heterocycles. The molecule has 1 unspecified atom stereocenters. The number of esters is 1. The zero-order chi connectivity index (χ0) is 15.5. The van der Waals surface area contributed by atoms with E-state index in [1.807, 2.05) is 0 Å². The summed E-state index contributed by atoms with van der Waals surface area (Å²) in [6, 6.07) is 0. The van der Waals surface area contributed by atoms with Gasteiger partial charge in [0.15, 0.2) is 0 Å². The fourth-order valence-electron chi connectivity index (χ4n) is 2.48. The Labute approximate surface area is 128 Å². The number of oxazole rings is 1. The molecule has 1 aromatic heterocycles. The van der Waals surface area contributed by atoms with Crippen molar-refractivity contribution in [3.05, 3.63) is 17.8 Å². The van der Waals surface area contributed by atoms with Crippen LogP contribution in [0.2, 0.25) is 0 Å². The molecular weight excluding hydrogens is 266 g/mol. The molecule has 1 aromatic rings. The van der Waals surface area contributed by atoms with Crippen molar-refractivity contribution >= 4 is 5.97 Å². The van der Waals surface area contributed by atoms with Crippen molar-refractivity contribution in [3.8, 4) is 0 Å². The highest BCUT2D eigenvalue weighted by Crippen LogP contribution is 2.26.